The first-order valence-electron chi connectivity index (χ1n) is 6.88. The van der Waals surface area contributed by atoms with Crippen LogP contribution in [0.25, 0.3) is 0 Å². The quantitative estimate of drug-likeness (QED) is 0.722. The van der Waals surface area contributed by atoms with Crippen LogP contribution in [-0.4, -0.2) is 27.2 Å². The number of aryl methyl sites for hydroxylation is 1. The second-order valence-corrected chi connectivity index (χ2v) is 7.35. The van der Waals surface area contributed by atoms with Gasteiger partial charge in [-0.1, -0.05) is 17.7 Å². The zero-order valence-electron chi connectivity index (χ0n) is 13.2. The molecule has 2 aromatic rings. The fraction of sp³-hybridized carbons (Fsp3) is 0.267. The Morgan fingerprint density at radius 3 is 2.56 bits per heavy atom. The molecule has 10 heteroatoms. The van der Waals surface area contributed by atoms with Crippen LogP contribution in [0.4, 0.5) is 18.9 Å². The molecule has 0 spiro atoms. The van der Waals surface area contributed by atoms with Crippen molar-refractivity contribution in [1.29, 1.82) is 0 Å². The van der Waals surface area contributed by atoms with Crippen molar-refractivity contribution in [2.75, 3.05) is 18.1 Å². The van der Waals surface area contributed by atoms with E-state index in [9.17, 15) is 21.6 Å². The SMILES string of the molecule is COCN(c1cc(Cl)cnc1C)S(=O)(=O)c1cccc(C(F)(F)F)c1. The van der Waals surface area contributed by atoms with E-state index in [1.54, 1.807) is 6.92 Å². The molecular weight excluding hydrogens is 381 g/mol. The first kappa shape index (κ1) is 19.5. The van der Waals surface area contributed by atoms with Crippen LogP contribution < -0.4 is 4.31 Å². The molecule has 0 radical (unpaired) electrons. The Bertz CT molecular complexity index is 873. The number of benzene rings is 1. The van der Waals surface area contributed by atoms with Crippen molar-refractivity contribution < 1.29 is 26.3 Å². The Hall–Kier alpha value is -1.84. The first-order valence-corrected chi connectivity index (χ1v) is 8.70. The fourth-order valence-corrected chi connectivity index (χ4v) is 3.72. The second kappa shape index (κ2) is 7.19. The molecule has 0 saturated heterocycles. The molecule has 0 aliphatic heterocycles. The highest BCUT2D eigenvalue weighted by Gasteiger charge is 2.33. The monoisotopic (exact) mass is 394 g/mol. The van der Waals surface area contributed by atoms with Gasteiger partial charge in [-0.05, 0) is 31.2 Å². The van der Waals surface area contributed by atoms with Crippen LogP contribution in [0.3, 0.4) is 0 Å². The molecule has 1 aromatic carbocycles. The van der Waals surface area contributed by atoms with Gasteiger partial charge in [0.25, 0.3) is 10.0 Å². The van der Waals surface area contributed by atoms with Gasteiger partial charge < -0.3 is 4.74 Å². The summed E-state index contributed by atoms with van der Waals surface area (Å²) in [5, 5.41) is 0.181. The van der Waals surface area contributed by atoms with Gasteiger partial charge in [-0.3, -0.25) is 4.98 Å². The van der Waals surface area contributed by atoms with Crippen LogP contribution in [0.5, 0.6) is 0 Å². The molecule has 0 aliphatic carbocycles. The number of anilines is 1. The van der Waals surface area contributed by atoms with Gasteiger partial charge >= 0.3 is 6.18 Å². The van der Waals surface area contributed by atoms with Crippen molar-refractivity contribution in [3.63, 3.8) is 0 Å². The van der Waals surface area contributed by atoms with E-state index in [-0.39, 0.29) is 10.7 Å². The van der Waals surface area contributed by atoms with E-state index in [0.717, 1.165) is 22.5 Å². The molecular formula is C15H14ClF3N2O3S. The largest absolute Gasteiger partial charge is 0.416 e. The highest BCUT2D eigenvalue weighted by Crippen LogP contribution is 2.33. The third kappa shape index (κ3) is 4.23. The van der Waals surface area contributed by atoms with E-state index in [1.165, 1.54) is 19.4 Å². The van der Waals surface area contributed by atoms with Gasteiger partial charge in [-0.25, -0.2) is 12.7 Å². The lowest BCUT2D eigenvalue weighted by Crippen LogP contribution is -2.33. The van der Waals surface area contributed by atoms with Crippen molar-refractivity contribution in [3.8, 4) is 0 Å². The van der Waals surface area contributed by atoms with E-state index < -0.39 is 33.4 Å². The highest BCUT2D eigenvalue weighted by molar-refractivity contribution is 7.92. The average Bonchev–Trinajstić information content (AvgIpc) is 2.54. The van der Waals surface area contributed by atoms with Crippen molar-refractivity contribution >= 4 is 27.3 Å². The third-order valence-corrected chi connectivity index (χ3v) is 5.23. The van der Waals surface area contributed by atoms with E-state index in [1.807, 2.05) is 0 Å². The van der Waals surface area contributed by atoms with Crippen molar-refractivity contribution in [3.05, 3.63) is 52.8 Å². The molecule has 0 aliphatic rings. The predicted molar refractivity (Wildman–Crippen MR) is 87.0 cm³/mol. The summed E-state index contributed by atoms with van der Waals surface area (Å²) in [7, 11) is -3.06. The summed E-state index contributed by atoms with van der Waals surface area (Å²) in [6.45, 7) is 1.14. The van der Waals surface area contributed by atoms with Crippen LogP contribution in [0, 0.1) is 6.92 Å². The maximum absolute atomic E-state index is 12.9. The molecule has 0 unspecified atom stereocenters. The van der Waals surface area contributed by atoms with Gasteiger partial charge in [0, 0.05) is 13.3 Å². The van der Waals surface area contributed by atoms with Gasteiger partial charge in [-0.15, -0.1) is 0 Å². The zero-order valence-corrected chi connectivity index (χ0v) is 14.8. The number of sulfonamides is 1. The summed E-state index contributed by atoms with van der Waals surface area (Å²) in [5.74, 6) is 0. The van der Waals surface area contributed by atoms with Gasteiger partial charge in [0.1, 0.15) is 6.73 Å². The Labute approximate surface area is 148 Å². The topological polar surface area (TPSA) is 59.5 Å². The number of hydrogen-bond acceptors (Lipinski definition) is 4. The summed E-state index contributed by atoms with van der Waals surface area (Å²) in [5.41, 5.74) is -0.615. The van der Waals surface area contributed by atoms with Crippen LogP contribution >= 0.6 is 11.6 Å². The fourth-order valence-electron chi connectivity index (χ4n) is 2.10. The molecule has 136 valence electrons. The third-order valence-electron chi connectivity index (χ3n) is 3.29. The number of aromatic nitrogens is 1. The normalized spacial score (nSPS) is 12.2. The molecule has 0 fully saturated rings. The van der Waals surface area contributed by atoms with Gasteiger partial charge in [-0.2, -0.15) is 13.2 Å². The molecule has 25 heavy (non-hydrogen) atoms. The lowest BCUT2D eigenvalue weighted by atomic mass is 10.2. The molecule has 1 aromatic heterocycles. The van der Waals surface area contributed by atoms with Crippen molar-refractivity contribution in [2.45, 2.75) is 18.0 Å². The molecule has 0 amide bonds. The lowest BCUT2D eigenvalue weighted by Gasteiger charge is -2.25. The lowest BCUT2D eigenvalue weighted by molar-refractivity contribution is -0.137. The molecule has 0 N–H and O–H groups in total. The smallest absolute Gasteiger partial charge is 0.363 e. The number of alkyl halides is 3. The number of nitrogens with zero attached hydrogens (tertiary/aromatic N) is 2. The highest BCUT2D eigenvalue weighted by atomic mass is 35.5. The predicted octanol–water partition coefficient (Wildman–Crippen LogP) is 3.86. The van der Waals surface area contributed by atoms with Crippen LogP contribution in [0.15, 0.2) is 41.4 Å². The number of rotatable bonds is 5. The average molecular weight is 395 g/mol. The molecule has 1 heterocycles. The van der Waals surface area contributed by atoms with E-state index in [0.29, 0.717) is 11.8 Å². The summed E-state index contributed by atoms with van der Waals surface area (Å²) < 4.78 is 70.1. The van der Waals surface area contributed by atoms with Gasteiger partial charge in [0.2, 0.25) is 0 Å². The van der Waals surface area contributed by atoms with Crippen molar-refractivity contribution in [1.82, 2.24) is 4.98 Å². The van der Waals surface area contributed by atoms with E-state index in [4.69, 9.17) is 16.3 Å². The maximum Gasteiger partial charge on any atom is 0.416 e. The minimum atomic E-state index is -4.66. The van der Waals surface area contributed by atoms with E-state index >= 15 is 0 Å². The van der Waals surface area contributed by atoms with Crippen LogP contribution in [0.1, 0.15) is 11.3 Å². The maximum atomic E-state index is 12.9. The Kier molecular flexibility index (Phi) is 5.60. The van der Waals surface area contributed by atoms with Crippen LogP contribution in [-0.2, 0) is 20.9 Å². The minimum Gasteiger partial charge on any atom is -0.363 e. The van der Waals surface area contributed by atoms with E-state index in [2.05, 4.69) is 4.98 Å². The Morgan fingerprint density at radius 1 is 1.28 bits per heavy atom. The van der Waals surface area contributed by atoms with Crippen molar-refractivity contribution in [2.24, 2.45) is 0 Å². The zero-order chi connectivity index (χ0) is 18.8. The summed E-state index contributed by atoms with van der Waals surface area (Å²) in [6.07, 6.45) is -3.33. The molecule has 0 saturated carbocycles. The minimum absolute atomic E-state index is 0.117. The number of methoxy groups -OCH3 is 1. The second-order valence-electron chi connectivity index (χ2n) is 5.06. The summed E-state index contributed by atoms with van der Waals surface area (Å²) in [6, 6.07) is 4.84. The first-order chi connectivity index (χ1) is 11.6. The molecule has 5 nitrogen and oxygen atoms in total. The van der Waals surface area contributed by atoms with Crippen LogP contribution in [0.2, 0.25) is 5.02 Å². The number of halogens is 4. The molecule has 2 rings (SSSR count). The van der Waals surface area contributed by atoms with Gasteiger partial charge in [0.05, 0.1) is 26.9 Å². The number of hydrogen-bond donors (Lipinski definition) is 0. The number of ether oxygens (including phenoxy) is 1. The molecule has 0 bridgehead atoms. The van der Waals surface area contributed by atoms with Gasteiger partial charge in [0.15, 0.2) is 0 Å². The summed E-state index contributed by atoms with van der Waals surface area (Å²) in [4.78, 5) is 3.46. The standard InChI is InChI=1S/C15H14ClF3N2O3S/c1-10-14(7-12(16)8-20-10)21(9-24-2)25(22,23)13-5-3-4-11(6-13)15(17,18)19/h3-8H,9H2,1-2H3. The number of pyridine rings is 1. The Morgan fingerprint density at radius 2 is 1.96 bits per heavy atom. The molecule has 0 atom stereocenters. The summed E-state index contributed by atoms with van der Waals surface area (Å²) >= 11 is 5.87. The Balaban J connectivity index is 2.59.